The molecule has 2 amide bonds. The van der Waals surface area contributed by atoms with Crippen molar-refractivity contribution in [2.24, 2.45) is 5.73 Å². The quantitative estimate of drug-likeness (QED) is 0.0381. The lowest BCUT2D eigenvalue weighted by molar-refractivity contribution is 0.0963. The van der Waals surface area contributed by atoms with Gasteiger partial charge in [-0.15, -0.1) is 0 Å². The average molecular weight is 1830 g/mol. The number of carbonyl (C=O) groups is 2. The molecule has 644 valence electrons. The minimum Gasteiger partial charge on any atom is -0.366 e. The van der Waals surface area contributed by atoms with Gasteiger partial charge in [-0.25, -0.2) is 39.9 Å². The molecule has 36 heteroatoms. The summed E-state index contributed by atoms with van der Waals surface area (Å²) in [6, 6.07) is 67.6. The fourth-order valence-electron chi connectivity index (χ4n) is 15.8. The molecule has 0 aliphatic rings. The van der Waals surface area contributed by atoms with E-state index in [1.54, 1.807) is 55.8 Å². The predicted octanol–water partition coefficient (Wildman–Crippen LogP) is 18.1. The second kappa shape index (κ2) is 36.9. The number of benzene rings is 8. The third kappa shape index (κ3) is 16.6. The maximum Gasteiger partial charge on any atom is 0.264 e. The molecule has 12 aromatic heterocycles. The van der Waals surface area contributed by atoms with Crippen molar-refractivity contribution in [2.45, 2.75) is 51.9 Å². The lowest BCUT2D eigenvalue weighted by Gasteiger charge is -2.22. The highest BCUT2D eigenvalue weighted by atomic mass is 35.5. The van der Waals surface area contributed by atoms with Gasteiger partial charge in [-0.05, 0) is 146 Å². The summed E-state index contributed by atoms with van der Waals surface area (Å²) < 4.78 is 6.60. The highest BCUT2D eigenvalue weighted by Gasteiger charge is 2.28. The van der Waals surface area contributed by atoms with Crippen LogP contribution >= 0.6 is 58.0 Å². The molecule has 12 heterocycles. The van der Waals surface area contributed by atoms with Crippen LogP contribution in [0.1, 0.15) is 101 Å². The number of amides is 2. The fourth-order valence-corrected chi connectivity index (χ4v) is 17.0. The van der Waals surface area contributed by atoms with Gasteiger partial charge in [0, 0.05) is 65.0 Å². The molecule has 0 saturated carbocycles. The van der Waals surface area contributed by atoms with Crippen molar-refractivity contribution in [3.63, 3.8) is 0 Å². The van der Waals surface area contributed by atoms with Crippen LogP contribution in [0.25, 0.3) is 110 Å². The number of halogens is 5. The van der Waals surface area contributed by atoms with Crippen LogP contribution in [0.2, 0.25) is 25.2 Å². The molecule has 8 aromatic carbocycles. The van der Waals surface area contributed by atoms with Gasteiger partial charge in [0.2, 0.25) is 0 Å². The van der Waals surface area contributed by atoms with Crippen LogP contribution in [-0.2, 0) is 0 Å². The molecule has 0 bridgehead atoms. The van der Waals surface area contributed by atoms with Gasteiger partial charge in [0.15, 0.2) is 11.3 Å². The number of fused-ring (bicyclic) bond motifs is 8. The molecular formula is C94H72Cl5N25O6. The Hall–Kier alpha value is -16.0. The number of primary amides is 1. The first-order valence-corrected chi connectivity index (χ1v) is 42.2. The zero-order valence-electron chi connectivity index (χ0n) is 69.2. The third-order valence-corrected chi connectivity index (χ3v) is 23.3. The molecular weight excluding hydrogens is 1750 g/mol. The number of H-pyrrole nitrogens is 4. The van der Waals surface area contributed by atoms with E-state index in [9.17, 15) is 34.0 Å². The highest BCUT2D eigenvalue weighted by Crippen LogP contribution is 2.37. The summed E-state index contributed by atoms with van der Waals surface area (Å²) in [5.74, 6) is 1.04. The Bertz CT molecular complexity index is 8100. The monoisotopic (exact) mass is 1820 g/mol. The zero-order valence-corrected chi connectivity index (χ0v) is 73.0. The van der Waals surface area contributed by atoms with Crippen LogP contribution in [0.15, 0.2) is 275 Å². The average Bonchev–Trinajstić information content (AvgIpc) is 1.40. The van der Waals surface area contributed by atoms with E-state index in [1.807, 2.05) is 222 Å². The summed E-state index contributed by atoms with van der Waals surface area (Å²) in [5.41, 5.74) is 13.3. The van der Waals surface area contributed by atoms with Crippen molar-refractivity contribution in [3.05, 3.63) is 362 Å². The number of pyridine rings is 4. The van der Waals surface area contributed by atoms with Crippen molar-refractivity contribution in [1.82, 2.24) is 93.8 Å². The highest BCUT2D eigenvalue weighted by molar-refractivity contribution is 6.37. The van der Waals surface area contributed by atoms with Crippen molar-refractivity contribution in [1.29, 1.82) is 5.26 Å². The van der Waals surface area contributed by atoms with Gasteiger partial charge in [0.05, 0.1) is 93.1 Å². The van der Waals surface area contributed by atoms with Crippen molar-refractivity contribution >= 4 is 180 Å². The first kappa shape index (κ1) is 86.2. The Morgan fingerprint density at radius 3 is 1.01 bits per heavy atom. The van der Waals surface area contributed by atoms with E-state index in [4.69, 9.17) is 63.7 Å². The first-order chi connectivity index (χ1) is 63.1. The van der Waals surface area contributed by atoms with Crippen molar-refractivity contribution in [2.75, 3.05) is 28.3 Å². The summed E-state index contributed by atoms with van der Waals surface area (Å²) in [7, 11) is 1.57. The molecule has 0 fully saturated rings. The van der Waals surface area contributed by atoms with Crippen LogP contribution in [0.3, 0.4) is 0 Å². The fraction of sp³-hybridized carbons (Fsp3) is 0.0957. The topological polar surface area (TPSA) is 424 Å². The van der Waals surface area contributed by atoms with E-state index >= 15 is 0 Å². The van der Waals surface area contributed by atoms with Crippen LogP contribution in [-0.4, -0.2) is 107 Å². The smallest absolute Gasteiger partial charge is 0.264 e. The van der Waals surface area contributed by atoms with E-state index in [1.165, 1.54) is 31.5 Å². The maximum atomic E-state index is 13.6. The number of anilines is 4. The van der Waals surface area contributed by atoms with Gasteiger partial charge in [-0.2, -0.15) is 15.5 Å². The number of carbonyl (C=O) groups excluding carboxylic acids is 2. The number of hydrogen-bond acceptors (Lipinski definition) is 21. The van der Waals surface area contributed by atoms with Crippen LogP contribution in [0.5, 0.6) is 0 Å². The second-order valence-electron chi connectivity index (χ2n) is 29.8. The van der Waals surface area contributed by atoms with E-state index in [-0.39, 0.29) is 63.6 Å². The summed E-state index contributed by atoms with van der Waals surface area (Å²) in [6.45, 7) is 7.72. The van der Waals surface area contributed by atoms with Crippen LogP contribution < -0.4 is 54.6 Å². The number of aromatic amines is 4. The SMILES string of the molecule is CNC(=O)c1c[nH]c2ncnc(N[C@@H](C)c3cc4cccc(Cl)c4c(=O)n3-c3ccccc3)c12.C[C@H](Nc1ncnc2[nH]cc(C(N)=O)c12)c1cc2cccc(Cl)c2c(=O)n1-c1ccccc1.C[C@H](Nc1ncnc2n[nH]c(C#N)c12)c1cc2cccc(Cl)c2c(=O)n1-c1ccccc1.C[C@H](Nc1ncnc2n[nH]c(Cl)c12)c1cc2cccc(Cl)c2c(=O)n1-c1ccccc1. The summed E-state index contributed by atoms with van der Waals surface area (Å²) in [5, 5.41) is 47.9. The molecule has 11 N–H and O–H groups in total. The maximum absolute atomic E-state index is 13.6. The van der Waals surface area contributed by atoms with Crippen molar-refractivity contribution in [3.8, 4) is 28.8 Å². The lowest BCUT2D eigenvalue weighted by atomic mass is 10.1. The van der Waals surface area contributed by atoms with E-state index in [0.29, 0.717) is 137 Å². The Morgan fingerprint density at radius 1 is 0.377 bits per heavy atom. The zero-order chi connectivity index (χ0) is 90.7. The molecule has 0 radical (unpaired) electrons. The van der Waals surface area contributed by atoms with Crippen molar-refractivity contribution < 1.29 is 9.59 Å². The van der Waals surface area contributed by atoms with Crippen LogP contribution in [0.4, 0.5) is 23.3 Å². The number of rotatable bonds is 18. The first-order valence-electron chi connectivity index (χ1n) is 40.3. The second-order valence-corrected chi connectivity index (χ2v) is 31.8. The van der Waals surface area contributed by atoms with Crippen LogP contribution in [0, 0.1) is 11.3 Å². The largest absolute Gasteiger partial charge is 0.366 e. The standard InChI is InChI=1S/C25H21ClN6O2.C24H19ClN6O2.C23H16ClN7O.C22H16Cl2N6O/c1-14(31-23-21-17(24(33)27-2)12-28-22(21)29-13-30-23)19-11-15-7-6-10-18(26)20(15)25(34)32(19)16-8-4-3-5-9-16;1-13(30-23-20-16(21(26)32)11-27-22(20)28-12-29-23)18-10-14-6-5-9-17(25)19(14)24(33)31(18)15-7-3-2-4-8-15;1-13(28-21-20-17(11-25)29-30-22(20)27-12-26-21)18-10-14-6-5-9-16(24)19(14)23(32)31(18)15-7-3-2-4-8-15;1-12(27-20-18-19(24)28-29-21(18)26-11-25-20)16-10-13-6-5-9-15(23)17(13)22(31)30(16)14-7-3-2-4-8-14/h3-14H,1-2H3,(H,27,33)(H2,28,29,30,31);2-13H,1H3,(H2,26,32)(H2,27,28,29,30);2-10,12-13H,1H3,(H2,26,27,28,29,30);2-12H,1H3,(H2,25,26,27,28,29)/t14-;2*13-;12-/m0000/s1. The number of aromatic nitrogens is 18. The van der Waals surface area contributed by atoms with Gasteiger partial charge in [-0.3, -0.25) is 57.2 Å². The number of nitriles is 1. The summed E-state index contributed by atoms with van der Waals surface area (Å²) >= 11 is 31.8. The predicted molar refractivity (Wildman–Crippen MR) is 509 cm³/mol. The molecule has 0 aliphatic carbocycles. The summed E-state index contributed by atoms with van der Waals surface area (Å²) in [6.07, 6.45) is 8.72. The number of nitrogens with two attached hydrogens (primary N) is 1. The Morgan fingerprint density at radius 2 is 0.677 bits per heavy atom. The van der Waals surface area contributed by atoms with E-state index in [2.05, 4.69) is 103 Å². The Kier molecular flexibility index (Phi) is 24.5. The molecule has 20 aromatic rings. The minimum atomic E-state index is -0.590. The van der Waals surface area contributed by atoms with Gasteiger partial charge in [0.25, 0.3) is 34.1 Å². The number of nitrogens with zero attached hydrogens (tertiary/aromatic N) is 15. The van der Waals surface area contributed by atoms with Gasteiger partial charge < -0.3 is 42.3 Å². The Balaban J connectivity index is 0.000000122. The van der Waals surface area contributed by atoms with Gasteiger partial charge in [-0.1, -0.05) is 179 Å². The molecule has 0 saturated heterocycles. The molecule has 0 unspecified atom stereocenters. The number of hydrogen-bond donors (Lipinski definition) is 10. The van der Waals surface area contributed by atoms with E-state index < -0.39 is 5.91 Å². The molecule has 130 heavy (non-hydrogen) atoms. The van der Waals surface area contributed by atoms with E-state index in [0.717, 1.165) is 50.0 Å². The number of nitrogens with one attached hydrogen (secondary N) is 9. The summed E-state index contributed by atoms with van der Waals surface area (Å²) in [4.78, 5) is 119. The molecule has 20 rings (SSSR count). The lowest BCUT2D eigenvalue weighted by Crippen LogP contribution is -2.26. The number of para-hydroxylation sites is 4. The molecule has 4 atom stereocenters. The van der Waals surface area contributed by atoms with Gasteiger partial charge in [0.1, 0.15) is 82.2 Å². The molecule has 0 aliphatic heterocycles. The minimum absolute atomic E-state index is 0.188. The Labute approximate surface area is 761 Å². The third-order valence-electron chi connectivity index (χ3n) is 21.8. The normalized spacial score (nSPS) is 12.2. The molecule has 31 nitrogen and oxygen atoms in total. The molecule has 0 spiro atoms. The van der Waals surface area contributed by atoms with Gasteiger partial charge >= 0.3 is 0 Å².